The first-order valence-corrected chi connectivity index (χ1v) is 13.7. The third kappa shape index (κ3) is 6.15. The quantitative estimate of drug-likeness (QED) is 0.509. The van der Waals surface area contributed by atoms with Gasteiger partial charge in [0.15, 0.2) is 0 Å². The van der Waals surface area contributed by atoms with Crippen molar-refractivity contribution in [2.45, 2.75) is 77.5 Å². The van der Waals surface area contributed by atoms with Crippen molar-refractivity contribution in [3.05, 3.63) is 70.8 Å². The van der Waals surface area contributed by atoms with Crippen LogP contribution in [-0.4, -0.2) is 53.2 Å². The highest BCUT2D eigenvalue weighted by molar-refractivity contribution is 6.00. The Morgan fingerprint density at radius 1 is 1.00 bits per heavy atom. The molecule has 208 valence electrons. The molecular formula is C31H40N4O4. The van der Waals surface area contributed by atoms with Crippen LogP contribution in [0.1, 0.15) is 74.1 Å². The minimum Gasteiger partial charge on any atom is -0.355 e. The molecule has 0 bridgehead atoms. The molecule has 8 heteroatoms. The van der Waals surface area contributed by atoms with E-state index in [0.717, 1.165) is 0 Å². The van der Waals surface area contributed by atoms with Crippen LogP contribution in [0.25, 0.3) is 0 Å². The molecule has 4 amide bonds. The monoisotopic (exact) mass is 532 g/mol. The Labute approximate surface area is 230 Å². The van der Waals surface area contributed by atoms with Gasteiger partial charge in [0.05, 0.1) is 0 Å². The summed E-state index contributed by atoms with van der Waals surface area (Å²) in [5.74, 6) is -1.07. The first kappa shape index (κ1) is 28.3. The third-order valence-electron chi connectivity index (χ3n) is 7.45. The van der Waals surface area contributed by atoms with E-state index in [4.69, 9.17) is 0 Å². The molecular weight excluding hydrogens is 492 g/mol. The number of amides is 4. The predicted octanol–water partition coefficient (Wildman–Crippen LogP) is 3.16. The average Bonchev–Trinajstić information content (AvgIpc) is 3.30. The summed E-state index contributed by atoms with van der Waals surface area (Å²) >= 11 is 0. The van der Waals surface area contributed by atoms with Crippen LogP contribution in [0.2, 0.25) is 0 Å². The second-order valence-electron chi connectivity index (χ2n) is 12.2. The molecule has 39 heavy (non-hydrogen) atoms. The number of carbonyl (C=O) groups excluding carboxylic acids is 4. The summed E-state index contributed by atoms with van der Waals surface area (Å²) < 4.78 is 0. The molecule has 1 fully saturated rings. The van der Waals surface area contributed by atoms with E-state index in [1.165, 1.54) is 16.0 Å². The average molecular weight is 533 g/mol. The number of piperazine rings is 1. The Morgan fingerprint density at radius 3 is 2.10 bits per heavy atom. The van der Waals surface area contributed by atoms with Gasteiger partial charge in [0.25, 0.3) is 5.91 Å². The number of rotatable bonds is 7. The van der Waals surface area contributed by atoms with Gasteiger partial charge in [0, 0.05) is 18.2 Å². The van der Waals surface area contributed by atoms with E-state index in [0.29, 0.717) is 30.4 Å². The number of fused-ring (bicyclic) bond motifs is 1. The number of benzene rings is 2. The largest absolute Gasteiger partial charge is 0.355 e. The van der Waals surface area contributed by atoms with Gasteiger partial charge in [-0.25, -0.2) is 0 Å². The number of nitrogens with one attached hydrogen (secondary N) is 3. The molecule has 3 atom stereocenters. The molecule has 2 aromatic carbocycles. The summed E-state index contributed by atoms with van der Waals surface area (Å²) in [6.45, 7) is 9.64. The van der Waals surface area contributed by atoms with E-state index in [-0.39, 0.29) is 35.5 Å². The molecule has 3 N–H and O–H groups in total. The Morgan fingerprint density at radius 2 is 1.59 bits per heavy atom. The van der Waals surface area contributed by atoms with E-state index in [1.54, 1.807) is 31.3 Å². The Hall–Kier alpha value is -3.68. The molecule has 0 unspecified atom stereocenters. The molecule has 8 nitrogen and oxygen atoms in total. The van der Waals surface area contributed by atoms with E-state index in [9.17, 15) is 19.2 Å². The van der Waals surface area contributed by atoms with Crippen LogP contribution < -0.4 is 16.0 Å². The van der Waals surface area contributed by atoms with Gasteiger partial charge >= 0.3 is 0 Å². The zero-order chi connectivity index (χ0) is 28.5. The summed E-state index contributed by atoms with van der Waals surface area (Å²) in [5, 5.41) is 8.66. The van der Waals surface area contributed by atoms with Crippen molar-refractivity contribution in [3.63, 3.8) is 0 Å². The topological polar surface area (TPSA) is 108 Å². The van der Waals surface area contributed by atoms with Crippen molar-refractivity contribution >= 4 is 23.6 Å². The number of nitrogens with zero attached hydrogens (tertiary/aromatic N) is 1. The van der Waals surface area contributed by atoms with Crippen molar-refractivity contribution in [1.29, 1.82) is 0 Å². The van der Waals surface area contributed by atoms with Gasteiger partial charge in [0.2, 0.25) is 17.7 Å². The molecule has 0 aromatic heterocycles. The number of hydrogen-bond acceptors (Lipinski definition) is 4. The summed E-state index contributed by atoms with van der Waals surface area (Å²) in [4.78, 5) is 55.6. The minimum atomic E-state index is -1.03. The maximum atomic E-state index is 14.4. The Balaban J connectivity index is 1.77. The first-order valence-electron chi connectivity index (χ1n) is 13.7. The zero-order valence-electron chi connectivity index (χ0n) is 23.7. The molecule has 0 spiro atoms. The molecule has 0 saturated carbocycles. The summed E-state index contributed by atoms with van der Waals surface area (Å²) in [7, 11) is 1.55. The highest BCUT2D eigenvalue weighted by Gasteiger charge is 2.49. The smallest absolute Gasteiger partial charge is 0.251 e. The van der Waals surface area contributed by atoms with Crippen molar-refractivity contribution < 1.29 is 19.2 Å². The van der Waals surface area contributed by atoms with Crippen LogP contribution in [-0.2, 0) is 27.2 Å². The van der Waals surface area contributed by atoms with E-state index in [1.807, 2.05) is 46.8 Å². The predicted molar refractivity (Wildman–Crippen MR) is 150 cm³/mol. The lowest BCUT2D eigenvalue weighted by Crippen LogP contribution is -2.67. The lowest BCUT2D eigenvalue weighted by Gasteiger charge is -2.45. The van der Waals surface area contributed by atoms with Crippen molar-refractivity contribution in [2.24, 2.45) is 11.8 Å². The fourth-order valence-corrected chi connectivity index (χ4v) is 5.71. The van der Waals surface area contributed by atoms with Gasteiger partial charge in [0.1, 0.15) is 18.1 Å². The second-order valence-corrected chi connectivity index (χ2v) is 12.2. The lowest BCUT2D eigenvalue weighted by atomic mass is 9.87. The van der Waals surface area contributed by atoms with Crippen molar-refractivity contribution in [3.8, 4) is 0 Å². The fourth-order valence-electron chi connectivity index (χ4n) is 5.71. The molecule has 2 aliphatic rings. The number of carbonyl (C=O) groups is 4. The van der Waals surface area contributed by atoms with Crippen LogP contribution >= 0.6 is 0 Å². The van der Waals surface area contributed by atoms with Crippen LogP contribution in [0.4, 0.5) is 0 Å². The van der Waals surface area contributed by atoms with Crippen LogP contribution in [0.15, 0.2) is 48.5 Å². The van der Waals surface area contributed by atoms with Crippen LogP contribution in [0, 0.1) is 11.8 Å². The molecule has 1 aliphatic carbocycles. The van der Waals surface area contributed by atoms with Crippen LogP contribution in [0.3, 0.4) is 0 Å². The van der Waals surface area contributed by atoms with Gasteiger partial charge in [-0.2, -0.15) is 0 Å². The van der Waals surface area contributed by atoms with Crippen molar-refractivity contribution in [1.82, 2.24) is 20.9 Å². The second kappa shape index (κ2) is 11.2. The highest BCUT2D eigenvalue weighted by atomic mass is 16.2. The molecule has 2 aromatic rings. The highest BCUT2D eigenvalue weighted by Crippen LogP contribution is 2.35. The van der Waals surface area contributed by atoms with Crippen molar-refractivity contribution in [2.75, 3.05) is 7.05 Å². The summed E-state index contributed by atoms with van der Waals surface area (Å²) in [6, 6.07) is 12.2. The van der Waals surface area contributed by atoms with Gasteiger partial charge in [-0.1, -0.05) is 50.2 Å². The van der Waals surface area contributed by atoms with Crippen LogP contribution in [0.5, 0.6) is 0 Å². The van der Waals surface area contributed by atoms with Gasteiger partial charge in [-0.15, -0.1) is 0 Å². The zero-order valence-corrected chi connectivity index (χ0v) is 23.7. The van der Waals surface area contributed by atoms with Gasteiger partial charge < -0.3 is 20.9 Å². The maximum Gasteiger partial charge on any atom is 0.251 e. The fraction of sp³-hybridized carbons (Fsp3) is 0.484. The Bertz CT molecular complexity index is 1220. The summed E-state index contributed by atoms with van der Waals surface area (Å²) in [6.07, 6.45) is 1.80. The lowest BCUT2D eigenvalue weighted by molar-refractivity contribution is -0.158. The maximum absolute atomic E-state index is 14.4. The standard InChI is InChI=1S/C31H40N4O4/c1-18(2)15-24-28(37)33-25(23-16-21-9-7-8-10-22(21)17-23)30(39)35(24)26(29(38)34-31(3,4)5)19-11-13-20(14-12-19)27(36)32-6/h7-14,18,23-26H,15-17H2,1-6H3,(H,32,36)(H,33,37)(H,34,38)/t24-,25-,26-/m1/s1. The molecule has 4 rings (SSSR count). The summed E-state index contributed by atoms with van der Waals surface area (Å²) in [5.41, 5.74) is 2.81. The normalized spacial score (nSPS) is 20.4. The van der Waals surface area contributed by atoms with E-state index >= 15 is 0 Å². The van der Waals surface area contributed by atoms with Gasteiger partial charge in [-0.05, 0) is 80.7 Å². The minimum absolute atomic E-state index is 0.0942. The Kier molecular flexibility index (Phi) is 8.14. The van der Waals surface area contributed by atoms with Gasteiger partial charge in [-0.3, -0.25) is 19.2 Å². The molecule has 1 heterocycles. The number of hydrogen-bond donors (Lipinski definition) is 3. The first-order chi connectivity index (χ1) is 18.4. The molecule has 1 saturated heterocycles. The third-order valence-corrected chi connectivity index (χ3v) is 7.45. The molecule has 1 aliphatic heterocycles. The SMILES string of the molecule is CNC(=O)c1ccc([C@H](C(=O)NC(C)(C)C)N2C(=O)[C@@H](C3Cc4ccccc4C3)NC(=O)[C@H]2CC(C)C)cc1. The molecule has 0 radical (unpaired) electrons. The van der Waals surface area contributed by atoms with E-state index in [2.05, 4.69) is 28.1 Å². The van der Waals surface area contributed by atoms with E-state index < -0.39 is 23.7 Å².